The zero-order valence-corrected chi connectivity index (χ0v) is 12.7. The second-order valence-corrected chi connectivity index (χ2v) is 5.59. The van der Waals surface area contributed by atoms with Crippen LogP contribution in [-0.4, -0.2) is 34.3 Å². The Kier molecular flexibility index (Phi) is 2.94. The van der Waals surface area contributed by atoms with Crippen molar-refractivity contribution in [3.63, 3.8) is 0 Å². The maximum atomic E-state index is 12.8. The molecule has 2 amide bonds. The number of benzene rings is 1. The van der Waals surface area contributed by atoms with Gasteiger partial charge in [-0.15, -0.1) is 0 Å². The minimum Gasteiger partial charge on any atom is -0.382 e. The lowest BCUT2D eigenvalue weighted by molar-refractivity contribution is 0.256. The molecule has 7 nitrogen and oxygen atoms in total. The van der Waals surface area contributed by atoms with Gasteiger partial charge in [0.25, 0.3) is 0 Å². The molecular weight excluding hydrogens is 292 g/mol. The Labute approximate surface area is 132 Å². The normalized spacial score (nSPS) is 14.9. The van der Waals surface area contributed by atoms with Crippen molar-refractivity contribution >= 4 is 34.1 Å². The highest BCUT2D eigenvalue weighted by atomic mass is 16.2. The van der Waals surface area contributed by atoms with Gasteiger partial charge in [-0.2, -0.15) is 5.10 Å². The number of amides is 2. The van der Waals surface area contributed by atoms with Gasteiger partial charge in [-0.25, -0.2) is 4.79 Å². The van der Waals surface area contributed by atoms with E-state index < -0.39 is 0 Å². The minimum atomic E-state index is -0.0532. The highest BCUT2D eigenvalue weighted by Gasteiger charge is 2.31. The van der Waals surface area contributed by atoms with Crippen LogP contribution in [0.3, 0.4) is 0 Å². The lowest BCUT2D eigenvalue weighted by atomic mass is 10.2. The number of nitrogens with one attached hydrogen (secondary N) is 1. The first-order valence-electron chi connectivity index (χ1n) is 7.38. The first kappa shape index (κ1) is 13.6. The van der Waals surface area contributed by atoms with Crippen LogP contribution in [0.2, 0.25) is 0 Å². The molecule has 0 atom stereocenters. The molecule has 23 heavy (non-hydrogen) atoms. The van der Waals surface area contributed by atoms with Crippen molar-refractivity contribution in [3.05, 3.63) is 42.2 Å². The van der Waals surface area contributed by atoms with E-state index in [0.717, 1.165) is 27.8 Å². The molecule has 7 heteroatoms. The minimum absolute atomic E-state index is 0.0532. The van der Waals surface area contributed by atoms with Crippen LogP contribution in [0.15, 0.2) is 36.7 Å². The highest BCUT2D eigenvalue weighted by Crippen LogP contribution is 2.29. The van der Waals surface area contributed by atoms with Gasteiger partial charge in [-0.1, -0.05) is 0 Å². The molecule has 3 N–H and O–H groups in total. The number of nitrogens with zero attached hydrogens (tertiary/aromatic N) is 4. The van der Waals surface area contributed by atoms with Gasteiger partial charge in [0.2, 0.25) is 0 Å². The molecule has 3 aromatic rings. The van der Waals surface area contributed by atoms with Crippen LogP contribution in [0.4, 0.5) is 22.0 Å². The van der Waals surface area contributed by atoms with Gasteiger partial charge in [0, 0.05) is 30.4 Å². The van der Waals surface area contributed by atoms with Crippen molar-refractivity contribution in [3.8, 4) is 0 Å². The number of hydrogen-bond acceptors (Lipinski definition) is 4. The predicted octanol–water partition coefficient (Wildman–Crippen LogP) is 2.30. The SMILES string of the molecule is Cc1ccncc1N1CCN(c2ccc3[nH]nc(N)c3c2)C1=O. The first-order valence-corrected chi connectivity index (χ1v) is 7.38. The van der Waals surface area contributed by atoms with Crippen LogP contribution in [-0.2, 0) is 0 Å². The molecule has 1 aliphatic heterocycles. The Morgan fingerprint density at radius 2 is 2.04 bits per heavy atom. The summed E-state index contributed by atoms with van der Waals surface area (Å²) >= 11 is 0. The van der Waals surface area contributed by atoms with E-state index in [1.807, 2.05) is 31.2 Å². The fourth-order valence-electron chi connectivity index (χ4n) is 2.93. The summed E-state index contributed by atoms with van der Waals surface area (Å²) in [5.74, 6) is 0.438. The van der Waals surface area contributed by atoms with E-state index >= 15 is 0 Å². The van der Waals surface area contributed by atoms with Gasteiger partial charge in [0.15, 0.2) is 5.82 Å². The standard InChI is InChI=1S/C16H16N6O/c1-10-4-5-18-9-14(10)22-7-6-21(16(22)23)11-2-3-13-12(8-11)15(17)20-19-13/h2-5,8-9H,6-7H2,1H3,(H3,17,19,20). The molecule has 1 aliphatic rings. The molecule has 0 spiro atoms. The average molecular weight is 308 g/mol. The van der Waals surface area contributed by atoms with E-state index in [9.17, 15) is 4.79 Å². The topological polar surface area (TPSA) is 91.1 Å². The van der Waals surface area contributed by atoms with Gasteiger partial charge in [-0.05, 0) is 36.8 Å². The fraction of sp³-hybridized carbons (Fsp3) is 0.188. The Bertz CT molecular complexity index is 902. The van der Waals surface area contributed by atoms with Crippen molar-refractivity contribution in [1.29, 1.82) is 0 Å². The lowest BCUT2D eigenvalue weighted by Crippen LogP contribution is -2.32. The summed E-state index contributed by atoms with van der Waals surface area (Å²) in [6.07, 6.45) is 3.46. The van der Waals surface area contributed by atoms with E-state index in [0.29, 0.717) is 18.9 Å². The van der Waals surface area contributed by atoms with Crippen LogP contribution in [0.25, 0.3) is 10.9 Å². The van der Waals surface area contributed by atoms with Crippen molar-refractivity contribution in [2.75, 3.05) is 28.6 Å². The molecule has 2 aromatic heterocycles. The lowest BCUT2D eigenvalue weighted by Gasteiger charge is -2.20. The number of carbonyl (C=O) groups is 1. The van der Waals surface area contributed by atoms with Crippen molar-refractivity contribution in [2.45, 2.75) is 6.92 Å². The smallest absolute Gasteiger partial charge is 0.329 e. The van der Waals surface area contributed by atoms with Crippen molar-refractivity contribution in [2.24, 2.45) is 0 Å². The molecule has 1 aromatic carbocycles. The third-order valence-electron chi connectivity index (χ3n) is 4.20. The first-order chi connectivity index (χ1) is 11.1. The maximum absolute atomic E-state index is 12.8. The van der Waals surface area contributed by atoms with Gasteiger partial charge in [-0.3, -0.25) is 19.9 Å². The fourth-order valence-corrected chi connectivity index (χ4v) is 2.93. The number of carbonyl (C=O) groups excluding carboxylic acids is 1. The third kappa shape index (κ3) is 2.09. The number of nitrogens with two attached hydrogens (primary N) is 1. The monoisotopic (exact) mass is 308 g/mol. The van der Waals surface area contributed by atoms with E-state index in [-0.39, 0.29) is 6.03 Å². The molecule has 3 heterocycles. The highest BCUT2D eigenvalue weighted by molar-refractivity contribution is 6.07. The summed E-state index contributed by atoms with van der Waals surface area (Å²) in [7, 11) is 0. The van der Waals surface area contributed by atoms with Crippen LogP contribution in [0.5, 0.6) is 0 Å². The van der Waals surface area contributed by atoms with Gasteiger partial charge in [0.05, 0.1) is 17.4 Å². The summed E-state index contributed by atoms with van der Waals surface area (Å²) in [5.41, 5.74) is 9.41. The van der Waals surface area contributed by atoms with Crippen LogP contribution in [0, 0.1) is 6.92 Å². The molecule has 4 rings (SSSR count). The Balaban J connectivity index is 1.69. The number of urea groups is 1. The number of aryl methyl sites for hydroxylation is 1. The second-order valence-electron chi connectivity index (χ2n) is 5.59. The van der Waals surface area contributed by atoms with Crippen molar-refractivity contribution < 1.29 is 4.79 Å². The molecule has 0 saturated carbocycles. The molecular formula is C16H16N6O. The Morgan fingerprint density at radius 3 is 2.87 bits per heavy atom. The summed E-state index contributed by atoms with van der Waals surface area (Å²) in [6.45, 7) is 3.23. The largest absolute Gasteiger partial charge is 0.382 e. The van der Waals surface area contributed by atoms with Gasteiger partial charge in [0.1, 0.15) is 0 Å². The summed E-state index contributed by atoms with van der Waals surface area (Å²) in [4.78, 5) is 20.4. The van der Waals surface area contributed by atoms with Crippen LogP contribution >= 0.6 is 0 Å². The summed E-state index contributed by atoms with van der Waals surface area (Å²) in [6, 6.07) is 7.54. The number of aromatic nitrogens is 3. The number of anilines is 3. The number of nitrogen functional groups attached to an aromatic ring is 1. The number of H-pyrrole nitrogens is 1. The number of aromatic amines is 1. The summed E-state index contributed by atoms with van der Waals surface area (Å²) in [5, 5.41) is 7.67. The van der Waals surface area contributed by atoms with Crippen LogP contribution < -0.4 is 15.5 Å². The number of hydrogen-bond donors (Lipinski definition) is 2. The average Bonchev–Trinajstić information content (AvgIpc) is 3.11. The zero-order chi connectivity index (χ0) is 16.0. The molecule has 0 bridgehead atoms. The van der Waals surface area contributed by atoms with E-state index in [4.69, 9.17) is 5.73 Å². The van der Waals surface area contributed by atoms with Crippen LogP contribution in [0.1, 0.15) is 5.56 Å². The van der Waals surface area contributed by atoms with E-state index in [2.05, 4.69) is 15.2 Å². The molecule has 0 unspecified atom stereocenters. The molecule has 116 valence electrons. The predicted molar refractivity (Wildman–Crippen MR) is 89.6 cm³/mol. The van der Waals surface area contributed by atoms with E-state index in [1.165, 1.54) is 0 Å². The number of rotatable bonds is 2. The van der Waals surface area contributed by atoms with Gasteiger partial charge >= 0.3 is 6.03 Å². The maximum Gasteiger partial charge on any atom is 0.329 e. The number of pyridine rings is 1. The molecule has 0 aliphatic carbocycles. The van der Waals surface area contributed by atoms with Gasteiger partial charge < -0.3 is 5.73 Å². The Hall–Kier alpha value is -3.09. The van der Waals surface area contributed by atoms with E-state index in [1.54, 1.807) is 22.2 Å². The zero-order valence-electron chi connectivity index (χ0n) is 12.7. The Morgan fingerprint density at radius 1 is 1.22 bits per heavy atom. The second kappa shape index (κ2) is 4.98. The molecule has 1 saturated heterocycles. The van der Waals surface area contributed by atoms with Crippen molar-refractivity contribution in [1.82, 2.24) is 15.2 Å². The summed E-state index contributed by atoms with van der Waals surface area (Å²) < 4.78 is 0. The molecule has 0 radical (unpaired) electrons. The molecule has 1 fully saturated rings. The quantitative estimate of drug-likeness (QED) is 0.760. The third-order valence-corrected chi connectivity index (χ3v) is 4.20. The number of fused-ring (bicyclic) bond motifs is 1.